The molecule has 4 heterocycles. The first-order chi connectivity index (χ1) is 11.6. The maximum Gasteiger partial charge on any atom is 0.317 e. The smallest absolute Gasteiger partial charge is 0.317 e. The number of fused-ring (bicyclic) bond motifs is 5. The number of rotatable bonds is 5. The lowest BCUT2D eigenvalue weighted by Gasteiger charge is -2.19. The van der Waals surface area contributed by atoms with E-state index >= 15 is 0 Å². The van der Waals surface area contributed by atoms with Crippen LogP contribution in [0.5, 0.6) is 0 Å². The third-order valence-electron chi connectivity index (χ3n) is 5.58. The molecule has 0 spiro atoms. The molecule has 4 rings (SSSR count). The highest BCUT2D eigenvalue weighted by molar-refractivity contribution is 5.74. The third kappa shape index (κ3) is 2.90. The highest BCUT2D eigenvalue weighted by Crippen LogP contribution is 2.47. The lowest BCUT2D eigenvalue weighted by Crippen LogP contribution is -2.40. The zero-order chi connectivity index (χ0) is 16.7. The molecule has 132 valence electrons. The first-order valence-electron chi connectivity index (χ1n) is 9.12. The van der Waals surface area contributed by atoms with Crippen molar-refractivity contribution in [1.82, 2.24) is 20.4 Å². The van der Waals surface area contributed by atoms with E-state index in [1.54, 1.807) is 0 Å². The van der Waals surface area contributed by atoms with Gasteiger partial charge in [0, 0.05) is 43.8 Å². The van der Waals surface area contributed by atoms with Crippen LogP contribution in [0.3, 0.4) is 0 Å². The standard InChI is InChI=1S/C17H26N4O3/c1-10(2)16-19-15(24-20-16)4-3-7-18-17(22)21-8-11-12(9-21)14-6-5-13(11)23-14/h10-14H,3-9H2,1-2H3,(H,18,22)/t11-,12-,13+,14+/m0/s1. The van der Waals surface area contributed by atoms with Crippen molar-refractivity contribution in [1.29, 1.82) is 0 Å². The molecule has 0 unspecified atom stereocenters. The van der Waals surface area contributed by atoms with Crippen molar-refractivity contribution in [3.8, 4) is 0 Å². The van der Waals surface area contributed by atoms with Crippen molar-refractivity contribution in [2.24, 2.45) is 11.8 Å². The fourth-order valence-electron chi connectivity index (χ4n) is 4.28. The molecule has 3 aliphatic rings. The summed E-state index contributed by atoms with van der Waals surface area (Å²) in [5.41, 5.74) is 0. The monoisotopic (exact) mass is 334 g/mol. The van der Waals surface area contributed by atoms with E-state index in [9.17, 15) is 4.79 Å². The van der Waals surface area contributed by atoms with Crippen LogP contribution in [0.2, 0.25) is 0 Å². The first kappa shape index (κ1) is 15.9. The third-order valence-corrected chi connectivity index (χ3v) is 5.58. The molecule has 0 aromatic carbocycles. The first-order valence-corrected chi connectivity index (χ1v) is 9.12. The summed E-state index contributed by atoms with van der Waals surface area (Å²) in [5.74, 6) is 2.78. The second-order valence-electron chi connectivity index (χ2n) is 7.56. The zero-order valence-electron chi connectivity index (χ0n) is 14.4. The highest BCUT2D eigenvalue weighted by atomic mass is 16.5. The second kappa shape index (κ2) is 6.35. The number of amides is 2. The molecule has 24 heavy (non-hydrogen) atoms. The van der Waals surface area contributed by atoms with Gasteiger partial charge < -0.3 is 19.5 Å². The molecule has 0 saturated carbocycles. The Balaban J connectivity index is 1.19. The van der Waals surface area contributed by atoms with E-state index in [2.05, 4.69) is 15.5 Å². The Hall–Kier alpha value is -1.63. The van der Waals surface area contributed by atoms with E-state index in [0.29, 0.717) is 42.9 Å². The van der Waals surface area contributed by atoms with Gasteiger partial charge in [-0.1, -0.05) is 19.0 Å². The molecule has 3 saturated heterocycles. The minimum Gasteiger partial charge on any atom is -0.374 e. The quantitative estimate of drug-likeness (QED) is 0.833. The molecule has 1 aromatic heterocycles. The van der Waals surface area contributed by atoms with Crippen LogP contribution in [0, 0.1) is 11.8 Å². The number of hydrogen-bond donors (Lipinski definition) is 1. The van der Waals surface area contributed by atoms with Crippen molar-refractivity contribution in [3.05, 3.63) is 11.7 Å². The number of hydrogen-bond acceptors (Lipinski definition) is 5. The topological polar surface area (TPSA) is 80.5 Å². The minimum absolute atomic E-state index is 0.0530. The molecule has 3 fully saturated rings. The summed E-state index contributed by atoms with van der Waals surface area (Å²) < 4.78 is 11.2. The lowest BCUT2D eigenvalue weighted by molar-refractivity contribution is 0.0739. The van der Waals surface area contributed by atoms with E-state index in [1.807, 2.05) is 18.7 Å². The number of nitrogens with one attached hydrogen (secondary N) is 1. The number of carbonyl (C=O) groups is 1. The summed E-state index contributed by atoms with van der Waals surface area (Å²) in [7, 11) is 0. The van der Waals surface area contributed by atoms with E-state index in [4.69, 9.17) is 9.26 Å². The summed E-state index contributed by atoms with van der Waals surface area (Å²) in [6, 6.07) is 0.0530. The molecular formula is C17H26N4O3. The summed E-state index contributed by atoms with van der Waals surface area (Å²) in [6.07, 6.45) is 4.63. The molecule has 2 bridgehead atoms. The van der Waals surface area contributed by atoms with Crippen LogP contribution in [0.1, 0.15) is 50.7 Å². The maximum absolute atomic E-state index is 12.3. The van der Waals surface area contributed by atoms with Crippen LogP contribution < -0.4 is 5.32 Å². The van der Waals surface area contributed by atoms with Gasteiger partial charge >= 0.3 is 6.03 Å². The van der Waals surface area contributed by atoms with Gasteiger partial charge in [-0.3, -0.25) is 0 Å². The summed E-state index contributed by atoms with van der Waals surface area (Å²) >= 11 is 0. The van der Waals surface area contributed by atoms with Gasteiger partial charge in [0.25, 0.3) is 0 Å². The fraction of sp³-hybridized carbons (Fsp3) is 0.824. The Bertz CT molecular complexity index is 584. The molecule has 0 aliphatic carbocycles. The Morgan fingerprint density at radius 3 is 2.62 bits per heavy atom. The number of likely N-dealkylation sites (tertiary alicyclic amines) is 1. The largest absolute Gasteiger partial charge is 0.374 e. The van der Waals surface area contributed by atoms with Crippen molar-refractivity contribution >= 4 is 6.03 Å². The maximum atomic E-state index is 12.3. The molecule has 3 aliphatic heterocycles. The lowest BCUT2D eigenvalue weighted by atomic mass is 9.82. The van der Waals surface area contributed by atoms with Crippen molar-refractivity contribution in [2.75, 3.05) is 19.6 Å². The van der Waals surface area contributed by atoms with Gasteiger partial charge in [-0.05, 0) is 19.3 Å². The van der Waals surface area contributed by atoms with Crippen molar-refractivity contribution in [2.45, 2.75) is 57.7 Å². The average molecular weight is 334 g/mol. The highest BCUT2D eigenvalue weighted by Gasteiger charge is 2.53. The Morgan fingerprint density at radius 1 is 1.29 bits per heavy atom. The SMILES string of the molecule is CC(C)c1noc(CCCNC(=O)N2C[C@H]3[C@H](C2)[C@H]2CC[C@H]3O2)n1. The Labute approximate surface area is 142 Å². The number of urea groups is 1. The Morgan fingerprint density at radius 2 is 2.00 bits per heavy atom. The molecule has 7 heteroatoms. The molecule has 2 amide bonds. The number of aromatic nitrogens is 2. The second-order valence-corrected chi connectivity index (χ2v) is 7.56. The van der Waals surface area contributed by atoms with Gasteiger partial charge in [0.05, 0.1) is 12.2 Å². The number of aryl methyl sites for hydroxylation is 1. The summed E-state index contributed by atoms with van der Waals surface area (Å²) in [4.78, 5) is 18.7. The van der Waals surface area contributed by atoms with Crippen LogP contribution >= 0.6 is 0 Å². The van der Waals surface area contributed by atoms with Crippen LogP contribution in [0.15, 0.2) is 4.52 Å². The zero-order valence-corrected chi connectivity index (χ0v) is 14.4. The number of carbonyl (C=O) groups excluding carboxylic acids is 1. The minimum atomic E-state index is 0.0530. The van der Waals surface area contributed by atoms with Crippen LogP contribution in [-0.2, 0) is 11.2 Å². The average Bonchev–Trinajstić information content (AvgIpc) is 3.32. The van der Waals surface area contributed by atoms with Gasteiger partial charge in [0.1, 0.15) is 0 Å². The summed E-state index contributed by atoms with van der Waals surface area (Å²) in [6.45, 7) is 6.40. The Kier molecular flexibility index (Phi) is 4.20. The van der Waals surface area contributed by atoms with E-state index in [0.717, 1.165) is 25.3 Å². The molecule has 1 N–H and O–H groups in total. The van der Waals surface area contributed by atoms with Gasteiger partial charge in [0.2, 0.25) is 5.89 Å². The molecule has 7 nitrogen and oxygen atoms in total. The van der Waals surface area contributed by atoms with Crippen LogP contribution in [0.25, 0.3) is 0 Å². The van der Waals surface area contributed by atoms with Crippen LogP contribution in [-0.4, -0.2) is 52.9 Å². The number of ether oxygens (including phenoxy) is 1. The van der Waals surface area contributed by atoms with E-state index < -0.39 is 0 Å². The van der Waals surface area contributed by atoms with E-state index in [-0.39, 0.29) is 11.9 Å². The molecule has 4 atom stereocenters. The fourth-order valence-corrected chi connectivity index (χ4v) is 4.28. The predicted octanol–water partition coefficient (Wildman–Crippen LogP) is 1.94. The molecule has 0 radical (unpaired) electrons. The van der Waals surface area contributed by atoms with Gasteiger partial charge in [-0.25, -0.2) is 4.79 Å². The molecular weight excluding hydrogens is 308 g/mol. The van der Waals surface area contributed by atoms with E-state index in [1.165, 1.54) is 12.8 Å². The van der Waals surface area contributed by atoms with Crippen molar-refractivity contribution in [3.63, 3.8) is 0 Å². The van der Waals surface area contributed by atoms with Gasteiger partial charge in [-0.2, -0.15) is 4.98 Å². The molecule has 1 aromatic rings. The number of nitrogens with zero attached hydrogens (tertiary/aromatic N) is 3. The normalized spacial score (nSPS) is 31.0. The summed E-state index contributed by atoms with van der Waals surface area (Å²) in [5, 5.41) is 6.97. The van der Waals surface area contributed by atoms with Gasteiger partial charge in [0.15, 0.2) is 5.82 Å². The van der Waals surface area contributed by atoms with Crippen LogP contribution in [0.4, 0.5) is 4.79 Å². The predicted molar refractivity (Wildman–Crippen MR) is 86.6 cm³/mol. The van der Waals surface area contributed by atoms with Gasteiger partial charge in [-0.15, -0.1) is 0 Å². The van der Waals surface area contributed by atoms with Crippen molar-refractivity contribution < 1.29 is 14.1 Å².